The molecule has 0 bridgehead atoms. The van der Waals surface area contributed by atoms with Crippen LogP contribution in [0.5, 0.6) is 0 Å². The first kappa shape index (κ1) is 18.5. The number of halogens is 9. The fraction of sp³-hybridized carbons (Fsp3) is 0.417. The number of fused-ring (bicyclic) bond motifs is 1. The highest BCUT2D eigenvalue weighted by atomic mass is 19.4. The van der Waals surface area contributed by atoms with Crippen molar-refractivity contribution in [1.82, 2.24) is 0 Å². The molecule has 0 saturated heterocycles. The van der Waals surface area contributed by atoms with Gasteiger partial charge >= 0.3 is 12.4 Å². The van der Waals surface area contributed by atoms with Crippen LogP contribution in [0.25, 0.3) is 0 Å². The number of benzene rings is 1. The lowest BCUT2D eigenvalue weighted by Gasteiger charge is -2.22. The van der Waals surface area contributed by atoms with Gasteiger partial charge in [-0.1, -0.05) is 0 Å². The molecule has 24 heavy (non-hydrogen) atoms. The molecule has 0 amide bonds. The Morgan fingerprint density at radius 1 is 0.917 bits per heavy atom. The molecule has 134 valence electrons. The highest BCUT2D eigenvalue weighted by molar-refractivity contribution is 6.04. The number of aliphatic hydroxyl groups excluding tert-OH is 2. The van der Waals surface area contributed by atoms with Crippen LogP contribution in [0.2, 0.25) is 0 Å². The highest BCUT2D eigenvalue weighted by Gasteiger charge is 2.57. The van der Waals surface area contributed by atoms with Crippen LogP contribution in [0.3, 0.4) is 0 Å². The third-order valence-corrected chi connectivity index (χ3v) is 3.50. The smallest absolute Gasteiger partial charge is 0.387 e. The summed E-state index contributed by atoms with van der Waals surface area (Å²) in [7, 11) is 0. The van der Waals surface area contributed by atoms with E-state index in [1.165, 1.54) is 0 Å². The van der Waals surface area contributed by atoms with E-state index in [4.69, 9.17) is 5.11 Å². The summed E-state index contributed by atoms with van der Waals surface area (Å²) in [4.78, 5) is 11.7. The molecule has 1 aromatic rings. The molecule has 2 N–H and O–H groups in total. The molecule has 1 aliphatic rings. The fourth-order valence-electron chi connectivity index (χ4n) is 2.45. The van der Waals surface area contributed by atoms with Crippen LogP contribution < -0.4 is 0 Å². The molecule has 0 radical (unpaired) electrons. The van der Waals surface area contributed by atoms with Gasteiger partial charge in [-0.05, 0) is 0 Å². The van der Waals surface area contributed by atoms with E-state index in [0.29, 0.717) is 0 Å². The van der Waals surface area contributed by atoms with Gasteiger partial charge in [-0.2, -0.15) is 26.3 Å². The Kier molecular flexibility index (Phi) is 4.12. The average Bonchev–Trinajstić information content (AvgIpc) is 2.65. The van der Waals surface area contributed by atoms with Crippen LogP contribution >= 0.6 is 0 Å². The first-order valence-corrected chi connectivity index (χ1v) is 5.95. The van der Waals surface area contributed by atoms with Crippen molar-refractivity contribution in [2.45, 2.75) is 24.6 Å². The van der Waals surface area contributed by atoms with Gasteiger partial charge in [0, 0.05) is 5.56 Å². The summed E-state index contributed by atoms with van der Waals surface area (Å²) in [6, 6.07) is 0. The molecule has 0 fully saturated rings. The number of ketones is 1. The first-order valence-electron chi connectivity index (χ1n) is 5.95. The third-order valence-electron chi connectivity index (χ3n) is 3.50. The predicted octanol–water partition coefficient (Wildman–Crippen LogP) is 2.89. The van der Waals surface area contributed by atoms with E-state index in [9.17, 15) is 49.4 Å². The Balaban J connectivity index is 2.75. The molecule has 12 heteroatoms. The molecule has 3 atom stereocenters. The molecule has 3 nitrogen and oxygen atoms in total. The number of hydrogen-bond donors (Lipinski definition) is 2. The van der Waals surface area contributed by atoms with E-state index in [0.717, 1.165) is 0 Å². The monoisotopic (exact) mass is 368 g/mol. The van der Waals surface area contributed by atoms with Crippen molar-refractivity contribution in [3.63, 3.8) is 0 Å². The average molecular weight is 368 g/mol. The summed E-state index contributed by atoms with van der Waals surface area (Å²) in [5.74, 6) is -13.0. The van der Waals surface area contributed by atoms with Gasteiger partial charge in [-0.15, -0.1) is 0 Å². The second kappa shape index (κ2) is 5.34. The zero-order valence-corrected chi connectivity index (χ0v) is 10.9. The summed E-state index contributed by atoms with van der Waals surface area (Å²) in [5, 5.41) is 18.5. The van der Waals surface area contributed by atoms with Crippen LogP contribution in [0, 0.1) is 23.4 Å². The lowest BCUT2D eigenvalue weighted by atomic mass is 9.95. The topological polar surface area (TPSA) is 57.5 Å². The van der Waals surface area contributed by atoms with E-state index in [1.807, 2.05) is 0 Å². The number of Topliss-reactive ketones (excluding diaryl/α,β-unsaturated/α-hetero) is 1. The Morgan fingerprint density at radius 3 is 1.83 bits per heavy atom. The van der Waals surface area contributed by atoms with E-state index in [2.05, 4.69) is 0 Å². The van der Waals surface area contributed by atoms with E-state index >= 15 is 0 Å². The summed E-state index contributed by atoms with van der Waals surface area (Å²) in [5.41, 5.74) is -6.39. The maximum atomic E-state index is 13.8. The largest absolute Gasteiger partial charge is 0.422 e. The molecule has 1 aliphatic carbocycles. The van der Waals surface area contributed by atoms with Gasteiger partial charge < -0.3 is 10.2 Å². The lowest BCUT2D eigenvalue weighted by Crippen LogP contribution is -2.40. The summed E-state index contributed by atoms with van der Waals surface area (Å²) >= 11 is 0. The summed E-state index contributed by atoms with van der Waals surface area (Å²) in [6.45, 7) is 0. The number of carbonyl (C=O) groups excluding carboxylic acids is 1. The van der Waals surface area contributed by atoms with Gasteiger partial charge in [-0.25, -0.2) is 13.2 Å². The van der Waals surface area contributed by atoms with Crippen molar-refractivity contribution in [2.75, 3.05) is 0 Å². The molecular formula is C12H5F9O3. The fourth-order valence-corrected chi connectivity index (χ4v) is 2.45. The molecule has 2 rings (SSSR count). The lowest BCUT2D eigenvalue weighted by molar-refractivity contribution is -0.221. The number of carbonyl (C=O) groups is 1. The van der Waals surface area contributed by atoms with E-state index < -0.39 is 70.4 Å². The first-order chi connectivity index (χ1) is 10.7. The van der Waals surface area contributed by atoms with Gasteiger partial charge in [0.1, 0.15) is 11.4 Å². The number of aliphatic hydroxyl groups is 2. The SMILES string of the molecule is O=C1c2c(F)c(C(F)(F)F)c(F)c(F)c2C(O)C1C(O)C(F)(F)F. The van der Waals surface area contributed by atoms with Crippen molar-refractivity contribution in [2.24, 2.45) is 5.92 Å². The molecule has 0 aliphatic heterocycles. The second-order valence-electron chi connectivity index (χ2n) is 4.92. The number of hydrogen-bond acceptors (Lipinski definition) is 3. The van der Waals surface area contributed by atoms with Gasteiger partial charge in [0.25, 0.3) is 0 Å². The maximum absolute atomic E-state index is 13.8. The Bertz CT molecular complexity index is 707. The minimum atomic E-state index is -5.80. The molecule has 0 spiro atoms. The van der Waals surface area contributed by atoms with Crippen molar-refractivity contribution in [1.29, 1.82) is 0 Å². The normalized spacial score (nSPS) is 22.7. The summed E-state index contributed by atoms with van der Waals surface area (Å²) in [6.07, 6.45) is -17.8. The standard InChI is InChI=1S/C12H5F9O3/c13-5-1-2(6(14)7(15)4(5)11(16,17)18)9(23)3(8(1)22)10(24)12(19,20)21/h3,9-10,23-24H. The molecular weight excluding hydrogens is 363 g/mol. The van der Waals surface area contributed by atoms with Gasteiger partial charge in [0.05, 0.1) is 17.6 Å². The van der Waals surface area contributed by atoms with E-state index in [1.54, 1.807) is 0 Å². The van der Waals surface area contributed by atoms with Crippen molar-refractivity contribution in [3.05, 3.63) is 34.1 Å². The maximum Gasteiger partial charge on any atom is 0.422 e. The van der Waals surface area contributed by atoms with Gasteiger partial charge in [0.15, 0.2) is 23.5 Å². The molecule has 1 aromatic carbocycles. The van der Waals surface area contributed by atoms with Crippen LogP contribution in [0.4, 0.5) is 39.5 Å². The third kappa shape index (κ3) is 2.53. The highest BCUT2D eigenvalue weighted by Crippen LogP contribution is 2.47. The Hall–Kier alpha value is -1.82. The van der Waals surface area contributed by atoms with E-state index in [-0.39, 0.29) is 0 Å². The van der Waals surface area contributed by atoms with Crippen LogP contribution in [-0.4, -0.2) is 28.3 Å². The molecule has 0 aromatic heterocycles. The number of alkyl halides is 6. The zero-order valence-electron chi connectivity index (χ0n) is 10.9. The molecule has 0 heterocycles. The molecule has 3 unspecified atom stereocenters. The minimum absolute atomic E-state index is 1.70. The molecule has 0 saturated carbocycles. The minimum Gasteiger partial charge on any atom is -0.387 e. The van der Waals surface area contributed by atoms with Gasteiger partial charge in [0.2, 0.25) is 0 Å². The summed E-state index contributed by atoms with van der Waals surface area (Å²) < 4.78 is 116. The van der Waals surface area contributed by atoms with Crippen LogP contribution in [-0.2, 0) is 6.18 Å². The quantitative estimate of drug-likeness (QED) is 0.592. The van der Waals surface area contributed by atoms with Crippen LogP contribution in [0.1, 0.15) is 27.6 Å². The Morgan fingerprint density at radius 2 is 1.42 bits per heavy atom. The number of rotatable bonds is 1. The zero-order chi connectivity index (χ0) is 18.8. The van der Waals surface area contributed by atoms with Crippen molar-refractivity contribution in [3.8, 4) is 0 Å². The van der Waals surface area contributed by atoms with Crippen LogP contribution in [0.15, 0.2) is 0 Å². The van der Waals surface area contributed by atoms with Crippen molar-refractivity contribution < 1.29 is 54.5 Å². The predicted molar refractivity (Wildman–Crippen MR) is 56.2 cm³/mol. The Labute approximate surface area is 126 Å². The van der Waals surface area contributed by atoms with Crippen molar-refractivity contribution >= 4 is 5.78 Å². The second-order valence-corrected chi connectivity index (χ2v) is 4.92. The van der Waals surface area contributed by atoms with Gasteiger partial charge in [-0.3, -0.25) is 4.79 Å².